The number of esters is 1. The van der Waals surface area contributed by atoms with Crippen LogP contribution in [0, 0.1) is 0 Å². The van der Waals surface area contributed by atoms with Gasteiger partial charge in [-0.2, -0.15) is 0 Å². The Morgan fingerprint density at radius 1 is 0.758 bits per heavy atom. The number of hydrogen-bond donors (Lipinski definition) is 5. The SMILES string of the molecule is CCCCCCCCC(O)C(CCCCCCCC(=O)OC(CO)CO)N(CCO)CCO. The van der Waals surface area contributed by atoms with Gasteiger partial charge in [-0.15, -0.1) is 0 Å². The third kappa shape index (κ3) is 17.3. The molecule has 0 saturated carbocycles. The van der Waals surface area contributed by atoms with Crippen molar-refractivity contribution in [1.82, 2.24) is 4.90 Å². The van der Waals surface area contributed by atoms with E-state index in [9.17, 15) is 20.1 Å². The van der Waals surface area contributed by atoms with Crippen LogP contribution in [0.4, 0.5) is 0 Å². The molecule has 0 aliphatic carbocycles. The highest BCUT2D eigenvalue weighted by Crippen LogP contribution is 2.19. The first kappa shape index (κ1) is 32.2. The molecule has 0 aromatic rings. The number of ether oxygens (including phenoxy) is 1. The van der Waals surface area contributed by atoms with Gasteiger partial charge >= 0.3 is 5.97 Å². The molecule has 0 spiro atoms. The van der Waals surface area contributed by atoms with E-state index < -0.39 is 18.2 Å². The summed E-state index contributed by atoms with van der Waals surface area (Å²) in [7, 11) is 0. The molecule has 0 aliphatic heterocycles. The zero-order valence-electron chi connectivity index (χ0n) is 20.9. The highest BCUT2D eigenvalue weighted by molar-refractivity contribution is 5.69. The van der Waals surface area contributed by atoms with Gasteiger partial charge in [0, 0.05) is 25.6 Å². The van der Waals surface area contributed by atoms with Gasteiger partial charge in [0.25, 0.3) is 0 Å². The molecule has 0 saturated heterocycles. The van der Waals surface area contributed by atoms with Crippen LogP contribution in [0.3, 0.4) is 0 Å². The molecule has 0 rings (SSSR count). The van der Waals surface area contributed by atoms with Crippen LogP contribution in [-0.2, 0) is 9.53 Å². The average Bonchev–Trinajstić information content (AvgIpc) is 2.81. The fraction of sp³-hybridized carbons (Fsp3) is 0.960. The summed E-state index contributed by atoms with van der Waals surface area (Å²) in [4.78, 5) is 13.7. The van der Waals surface area contributed by atoms with Crippen LogP contribution >= 0.6 is 0 Å². The summed E-state index contributed by atoms with van der Waals surface area (Å²) in [5.74, 6) is -0.398. The number of hydrogen-bond acceptors (Lipinski definition) is 8. The minimum atomic E-state index is -0.835. The summed E-state index contributed by atoms with van der Waals surface area (Å²) < 4.78 is 4.95. The Balaban J connectivity index is 4.31. The van der Waals surface area contributed by atoms with Crippen molar-refractivity contribution in [3.05, 3.63) is 0 Å². The van der Waals surface area contributed by atoms with Crippen molar-refractivity contribution in [2.24, 2.45) is 0 Å². The van der Waals surface area contributed by atoms with Crippen molar-refractivity contribution < 1.29 is 35.1 Å². The van der Waals surface area contributed by atoms with Gasteiger partial charge < -0.3 is 30.3 Å². The summed E-state index contributed by atoms with van der Waals surface area (Å²) in [6.07, 6.45) is 12.1. The third-order valence-electron chi connectivity index (χ3n) is 6.13. The minimum absolute atomic E-state index is 0.00373. The van der Waals surface area contributed by atoms with Crippen LogP contribution in [0.15, 0.2) is 0 Å². The first-order chi connectivity index (χ1) is 16.0. The molecule has 33 heavy (non-hydrogen) atoms. The van der Waals surface area contributed by atoms with Gasteiger partial charge in [0.1, 0.15) is 6.10 Å². The molecule has 0 heterocycles. The van der Waals surface area contributed by atoms with Gasteiger partial charge in [-0.3, -0.25) is 9.69 Å². The maximum atomic E-state index is 11.7. The predicted molar refractivity (Wildman–Crippen MR) is 130 cm³/mol. The molecule has 0 aromatic carbocycles. The summed E-state index contributed by atoms with van der Waals surface area (Å²) in [5.41, 5.74) is 0. The molecule has 0 amide bonds. The number of carbonyl (C=O) groups excluding carboxylic acids is 1. The van der Waals surface area contributed by atoms with Crippen LogP contribution < -0.4 is 0 Å². The number of carbonyl (C=O) groups is 1. The van der Waals surface area contributed by atoms with Gasteiger partial charge in [-0.1, -0.05) is 71.1 Å². The molecule has 8 heteroatoms. The highest BCUT2D eigenvalue weighted by Gasteiger charge is 2.25. The second-order valence-corrected chi connectivity index (χ2v) is 8.96. The largest absolute Gasteiger partial charge is 0.457 e. The van der Waals surface area contributed by atoms with E-state index in [2.05, 4.69) is 6.92 Å². The molecule has 8 nitrogen and oxygen atoms in total. The quantitative estimate of drug-likeness (QED) is 0.106. The summed E-state index contributed by atoms with van der Waals surface area (Å²) in [6.45, 7) is 2.35. The van der Waals surface area contributed by atoms with Gasteiger partial charge in [0.2, 0.25) is 0 Å². The van der Waals surface area contributed by atoms with E-state index in [0.29, 0.717) is 19.5 Å². The Hall–Kier alpha value is -0.770. The van der Waals surface area contributed by atoms with Crippen LogP contribution in [0.1, 0.15) is 96.8 Å². The molecular formula is C25H51NO7. The number of nitrogens with zero attached hydrogens (tertiary/aromatic N) is 1. The lowest BCUT2D eigenvalue weighted by atomic mass is 9.96. The average molecular weight is 478 g/mol. The molecular weight excluding hydrogens is 426 g/mol. The zero-order chi connectivity index (χ0) is 24.7. The van der Waals surface area contributed by atoms with Crippen molar-refractivity contribution in [3.63, 3.8) is 0 Å². The second-order valence-electron chi connectivity index (χ2n) is 8.96. The maximum absolute atomic E-state index is 11.7. The van der Waals surface area contributed by atoms with Crippen LogP contribution in [0.5, 0.6) is 0 Å². The van der Waals surface area contributed by atoms with Crippen molar-refractivity contribution >= 4 is 5.97 Å². The van der Waals surface area contributed by atoms with E-state index in [1.807, 2.05) is 4.90 Å². The van der Waals surface area contributed by atoms with E-state index in [1.54, 1.807) is 0 Å². The molecule has 0 fully saturated rings. The predicted octanol–water partition coefficient (Wildman–Crippen LogP) is 2.38. The first-order valence-electron chi connectivity index (χ1n) is 13.1. The molecule has 0 radical (unpaired) electrons. The summed E-state index contributed by atoms with van der Waals surface area (Å²) in [6, 6.07) is -0.0659. The normalized spacial score (nSPS) is 13.6. The standard InChI is InChI=1S/C25H51NO7/c1-2-3-4-5-8-11-14-24(31)23(26(16-18-27)17-19-28)13-10-7-6-9-12-15-25(32)33-22(20-29)21-30/h22-24,27-31H,2-21H2,1H3. The number of aliphatic hydroxyl groups excluding tert-OH is 5. The smallest absolute Gasteiger partial charge is 0.306 e. The Bertz CT molecular complexity index is 429. The highest BCUT2D eigenvalue weighted by atomic mass is 16.6. The Morgan fingerprint density at radius 2 is 1.27 bits per heavy atom. The lowest BCUT2D eigenvalue weighted by Gasteiger charge is -2.34. The van der Waals surface area contributed by atoms with Crippen LogP contribution in [0.2, 0.25) is 0 Å². The Kier molecular flexibility index (Phi) is 22.5. The Morgan fingerprint density at radius 3 is 1.82 bits per heavy atom. The molecule has 0 aliphatic rings. The molecule has 2 atom stereocenters. The molecule has 5 N–H and O–H groups in total. The third-order valence-corrected chi connectivity index (χ3v) is 6.13. The maximum Gasteiger partial charge on any atom is 0.306 e. The van der Waals surface area contributed by atoms with Crippen LogP contribution in [0.25, 0.3) is 0 Å². The molecule has 2 unspecified atom stereocenters. The van der Waals surface area contributed by atoms with E-state index in [0.717, 1.165) is 51.4 Å². The Labute approximate surface area is 201 Å². The summed E-state index contributed by atoms with van der Waals surface area (Å²) >= 11 is 0. The minimum Gasteiger partial charge on any atom is -0.457 e. The number of aliphatic hydroxyl groups is 5. The van der Waals surface area contributed by atoms with E-state index in [-0.39, 0.29) is 38.9 Å². The number of rotatable bonds is 24. The van der Waals surface area contributed by atoms with Crippen molar-refractivity contribution in [2.75, 3.05) is 39.5 Å². The van der Waals surface area contributed by atoms with Crippen LogP contribution in [-0.4, -0.2) is 94.2 Å². The van der Waals surface area contributed by atoms with Crippen molar-refractivity contribution in [2.45, 2.75) is 115 Å². The fourth-order valence-corrected chi connectivity index (χ4v) is 4.18. The van der Waals surface area contributed by atoms with Gasteiger partial charge in [0.05, 0.1) is 32.5 Å². The number of unbranched alkanes of at least 4 members (excludes halogenated alkanes) is 9. The zero-order valence-corrected chi connectivity index (χ0v) is 20.9. The van der Waals surface area contributed by atoms with Crippen molar-refractivity contribution in [3.8, 4) is 0 Å². The lowest BCUT2D eigenvalue weighted by Crippen LogP contribution is -2.46. The van der Waals surface area contributed by atoms with Gasteiger partial charge in [-0.05, 0) is 19.3 Å². The lowest BCUT2D eigenvalue weighted by molar-refractivity contribution is -0.153. The topological polar surface area (TPSA) is 131 Å². The van der Waals surface area contributed by atoms with E-state index >= 15 is 0 Å². The molecule has 198 valence electrons. The van der Waals surface area contributed by atoms with E-state index in [4.69, 9.17) is 14.9 Å². The fourth-order valence-electron chi connectivity index (χ4n) is 4.18. The monoisotopic (exact) mass is 477 g/mol. The summed E-state index contributed by atoms with van der Waals surface area (Å²) in [5, 5.41) is 47.6. The van der Waals surface area contributed by atoms with Crippen molar-refractivity contribution in [1.29, 1.82) is 0 Å². The molecule has 0 bridgehead atoms. The molecule has 0 aromatic heterocycles. The van der Waals surface area contributed by atoms with E-state index in [1.165, 1.54) is 25.7 Å². The second kappa shape index (κ2) is 23.0. The van der Waals surface area contributed by atoms with Gasteiger partial charge in [0.15, 0.2) is 0 Å². The van der Waals surface area contributed by atoms with Gasteiger partial charge in [-0.25, -0.2) is 0 Å². The first-order valence-corrected chi connectivity index (χ1v) is 13.1.